The van der Waals surface area contributed by atoms with Crippen LogP contribution in [0.15, 0.2) is 48.5 Å². The Morgan fingerprint density at radius 3 is 2.27 bits per heavy atom. The fraction of sp³-hybridized carbons (Fsp3) is 0.300. The lowest BCUT2D eigenvalue weighted by Gasteiger charge is -2.18. The maximum absolute atomic E-state index is 12.2. The second-order valence-electron chi connectivity index (χ2n) is 6.14. The summed E-state index contributed by atoms with van der Waals surface area (Å²) in [6.45, 7) is 3.45. The van der Waals surface area contributed by atoms with E-state index in [0.717, 1.165) is 12.8 Å². The van der Waals surface area contributed by atoms with Crippen LogP contribution in [-0.4, -0.2) is 24.0 Å². The summed E-state index contributed by atoms with van der Waals surface area (Å²) in [5.74, 6) is -0.985. The molecule has 0 aromatic heterocycles. The molecular formula is C20H21Cl2NO3. The molecule has 0 aliphatic rings. The van der Waals surface area contributed by atoms with E-state index in [0.29, 0.717) is 10.0 Å². The zero-order valence-electron chi connectivity index (χ0n) is 14.7. The zero-order chi connectivity index (χ0) is 19.1. The van der Waals surface area contributed by atoms with Gasteiger partial charge in [0, 0.05) is 16.1 Å². The van der Waals surface area contributed by atoms with E-state index in [9.17, 15) is 9.59 Å². The molecule has 4 nitrogen and oxygen atoms in total. The van der Waals surface area contributed by atoms with Gasteiger partial charge < -0.3 is 10.1 Å². The molecule has 0 saturated carbocycles. The second kappa shape index (κ2) is 9.60. The molecule has 138 valence electrons. The van der Waals surface area contributed by atoms with E-state index in [4.69, 9.17) is 27.9 Å². The number of hydrogen-bond donors (Lipinski definition) is 1. The van der Waals surface area contributed by atoms with E-state index >= 15 is 0 Å². The van der Waals surface area contributed by atoms with E-state index in [2.05, 4.69) is 17.4 Å². The first kappa shape index (κ1) is 20.3. The van der Waals surface area contributed by atoms with Gasteiger partial charge in [0.1, 0.15) is 0 Å². The Balaban J connectivity index is 1.83. The van der Waals surface area contributed by atoms with Crippen molar-refractivity contribution in [1.82, 2.24) is 5.32 Å². The Morgan fingerprint density at radius 1 is 1.04 bits per heavy atom. The van der Waals surface area contributed by atoms with Crippen molar-refractivity contribution in [3.8, 4) is 0 Å². The number of ether oxygens (including phenoxy) is 1. The molecule has 0 spiro atoms. The molecule has 6 heteroatoms. The molecule has 0 heterocycles. The van der Waals surface area contributed by atoms with E-state index in [1.54, 1.807) is 0 Å². The fourth-order valence-corrected chi connectivity index (χ4v) is 2.94. The minimum absolute atomic E-state index is 0.0375. The number of carbonyl (C=O) groups is 2. The molecule has 0 unspecified atom stereocenters. The van der Waals surface area contributed by atoms with Crippen molar-refractivity contribution in [2.24, 2.45) is 0 Å². The number of aryl methyl sites for hydroxylation is 1. The molecule has 2 rings (SSSR count). The summed E-state index contributed by atoms with van der Waals surface area (Å²) < 4.78 is 5.20. The van der Waals surface area contributed by atoms with Crippen LogP contribution in [0.4, 0.5) is 0 Å². The number of hydrogen-bond acceptors (Lipinski definition) is 3. The molecule has 1 amide bonds. The van der Waals surface area contributed by atoms with E-state index in [-0.39, 0.29) is 17.5 Å². The number of nitrogens with one attached hydrogen (secondary N) is 1. The molecule has 0 aliphatic heterocycles. The third-order valence-electron chi connectivity index (χ3n) is 3.85. The number of rotatable bonds is 7. The predicted octanol–water partition coefficient (Wildman–Crippen LogP) is 4.68. The van der Waals surface area contributed by atoms with Crippen LogP contribution < -0.4 is 5.32 Å². The maximum atomic E-state index is 12.2. The summed E-state index contributed by atoms with van der Waals surface area (Å²) in [5.41, 5.74) is 1.42. The smallest absolute Gasteiger partial charge is 0.339 e. The quantitative estimate of drug-likeness (QED) is 0.694. The minimum Gasteiger partial charge on any atom is -0.449 e. The Kier molecular flexibility index (Phi) is 7.49. The first-order valence-electron chi connectivity index (χ1n) is 8.36. The van der Waals surface area contributed by atoms with Gasteiger partial charge in [-0.1, -0.05) is 53.5 Å². The van der Waals surface area contributed by atoms with E-state index < -0.39 is 12.1 Å². The van der Waals surface area contributed by atoms with Gasteiger partial charge in [0.2, 0.25) is 0 Å². The number of benzene rings is 2. The van der Waals surface area contributed by atoms with Gasteiger partial charge in [-0.15, -0.1) is 0 Å². The highest BCUT2D eigenvalue weighted by molar-refractivity contribution is 6.35. The Hall–Kier alpha value is -2.04. The van der Waals surface area contributed by atoms with Gasteiger partial charge in [-0.05, 0) is 50.5 Å². The fourth-order valence-electron chi connectivity index (χ4n) is 2.41. The van der Waals surface area contributed by atoms with Crippen LogP contribution in [0.2, 0.25) is 10.0 Å². The molecule has 0 fully saturated rings. The van der Waals surface area contributed by atoms with Gasteiger partial charge in [0.15, 0.2) is 6.10 Å². The first-order valence-corrected chi connectivity index (χ1v) is 9.12. The number of esters is 1. The highest BCUT2D eigenvalue weighted by Gasteiger charge is 2.20. The van der Waals surface area contributed by atoms with Crippen molar-refractivity contribution in [1.29, 1.82) is 0 Å². The summed E-state index contributed by atoms with van der Waals surface area (Å²) in [6.07, 6.45) is 0.733. The van der Waals surface area contributed by atoms with Gasteiger partial charge >= 0.3 is 5.97 Å². The molecule has 2 atom stereocenters. The topological polar surface area (TPSA) is 55.4 Å². The lowest BCUT2D eigenvalue weighted by molar-refractivity contribution is -0.129. The van der Waals surface area contributed by atoms with Crippen LogP contribution >= 0.6 is 23.2 Å². The Morgan fingerprint density at radius 2 is 1.65 bits per heavy atom. The SMILES string of the molecule is C[C@H](CCc1ccccc1)NC(=O)[C@@H](C)OC(=O)c1cc(Cl)cc(Cl)c1. The zero-order valence-corrected chi connectivity index (χ0v) is 16.2. The van der Waals surface area contributed by atoms with Crippen molar-refractivity contribution in [2.45, 2.75) is 38.8 Å². The standard InChI is InChI=1S/C20H21Cl2NO3/c1-13(8-9-15-6-4-3-5-7-15)23-19(24)14(2)26-20(25)16-10-17(21)12-18(22)11-16/h3-7,10-14H,8-9H2,1-2H3,(H,23,24)/t13-,14-/m1/s1. The van der Waals surface area contributed by atoms with Gasteiger partial charge in [0.25, 0.3) is 5.91 Å². The second-order valence-corrected chi connectivity index (χ2v) is 7.01. The van der Waals surface area contributed by atoms with Gasteiger partial charge in [-0.25, -0.2) is 4.79 Å². The van der Waals surface area contributed by atoms with Crippen LogP contribution in [0.5, 0.6) is 0 Å². The van der Waals surface area contributed by atoms with Crippen LogP contribution in [0, 0.1) is 0 Å². The third kappa shape index (κ3) is 6.36. The van der Waals surface area contributed by atoms with Crippen LogP contribution in [0.3, 0.4) is 0 Å². The van der Waals surface area contributed by atoms with Gasteiger partial charge in [-0.3, -0.25) is 4.79 Å². The summed E-state index contributed by atoms with van der Waals surface area (Å²) in [5, 5.41) is 3.52. The number of amides is 1. The molecule has 26 heavy (non-hydrogen) atoms. The predicted molar refractivity (Wildman–Crippen MR) is 104 cm³/mol. The molecular weight excluding hydrogens is 373 g/mol. The van der Waals surface area contributed by atoms with Crippen LogP contribution in [-0.2, 0) is 16.0 Å². The lowest BCUT2D eigenvalue weighted by Crippen LogP contribution is -2.41. The van der Waals surface area contributed by atoms with Gasteiger partial charge in [-0.2, -0.15) is 0 Å². The van der Waals surface area contributed by atoms with Crippen molar-refractivity contribution in [3.63, 3.8) is 0 Å². The minimum atomic E-state index is -0.917. The number of halogens is 2. The van der Waals surface area contributed by atoms with Crippen molar-refractivity contribution < 1.29 is 14.3 Å². The molecule has 0 radical (unpaired) electrons. The Labute approximate surface area is 163 Å². The summed E-state index contributed by atoms with van der Waals surface area (Å²) >= 11 is 11.8. The molecule has 0 bridgehead atoms. The largest absolute Gasteiger partial charge is 0.449 e. The normalized spacial score (nSPS) is 12.9. The van der Waals surface area contributed by atoms with E-state index in [1.807, 2.05) is 25.1 Å². The van der Waals surface area contributed by atoms with Crippen molar-refractivity contribution in [2.75, 3.05) is 0 Å². The monoisotopic (exact) mass is 393 g/mol. The first-order chi connectivity index (χ1) is 12.3. The maximum Gasteiger partial charge on any atom is 0.339 e. The summed E-state index contributed by atoms with van der Waals surface area (Å²) in [7, 11) is 0. The summed E-state index contributed by atoms with van der Waals surface area (Å²) in [6, 6.07) is 14.4. The van der Waals surface area contributed by atoms with E-state index in [1.165, 1.54) is 30.7 Å². The van der Waals surface area contributed by atoms with Gasteiger partial charge in [0.05, 0.1) is 5.56 Å². The molecule has 2 aromatic rings. The highest BCUT2D eigenvalue weighted by Crippen LogP contribution is 2.20. The number of carbonyl (C=O) groups excluding carboxylic acids is 2. The van der Waals surface area contributed by atoms with Crippen molar-refractivity contribution in [3.05, 3.63) is 69.7 Å². The molecule has 0 aliphatic carbocycles. The summed E-state index contributed by atoms with van der Waals surface area (Å²) in [4.78, 5) is 24.4. The Bertz CT molecular complexity index is 745. The highest BCUT2D eigenvalue weighted by atomic mass is 35.5. The average Bonchev–Trinajstić information content (AvgIpc) is 2.60. The lowest BCUT2D eigenvalue weighted by atomic mass is 10.1. The van der Waals surface area contributed by atoms with Crippen LogP contribution in [0.1, 0.15) is 36.2 Å². The third-order valence-corrected chi connectivity index (χ3v) is 4.29. The molecule has 0 saturated heterocycles. The van der Waals surface area contributed by atoms with Crippen molar-refractivity contribution >= 4 is 35.1 Å². The molecule has 2 aromatic carbocycles. The van der Waals surface area contributed by atoms with Crippen LogP contribution in [0.25, 0.3) is 0 Å². The average molecular weight is 394 g/mol. The molecule has 1 N–H and O–H groups in total.